The van der Waals surface area contributed by atoms with Gasteiger partial charge < -0.3 is 5.11 Å². The zero-order valence-corrected chi connectivity index (χ0v) is 11.1. The smallest absolute Gasteiger partial charge is 0.281 e. The second-order valence-electron chi connectivity index (χ2n) is 4.24. The van der Waals surface area contributed by atoms with Gasteiger partial charge in [-0.2, -0.15) is 17.0 Å². The lowest BCUT2D eigenvalue weighted by molar-refractivity contribution is 0.132. The second-order valence-corrected chi connectivity index (χ2v) is 6.17. The van der Waals surface area contributed by atoms with Crippen molar-refractivity contribution >= 4 is 10.2 Å². The largest absolute Gasteiger partial charge is 0.393 e. The molecule has 16 heavy (non-hydrogen) atoms. The van der Waals surface area contributed by atoms with Gasteiger partial charge in [-0.15, -0.1) is 0 Å². The summed E-state index contributed by atoms with van der Waals surface area (Å²) in [5, 5.41) is 9.45. The van der Waals surface area contributed by atoms with Crippen LogP contribution in [0.5, 0.6) is 0 Å². The van der Waals surface area contributed by atoms with E-state index in [1.54, 1.807) is 6.92 Å². The van der Waals surface area contributed by atoms with E-state index in [-0.39, 0.29) is 5.92 Å². The minimum absolute atomic E-state index is 0.0744. The maximum absolute atomic E-state index is 12.1. The van der Waals surface area contributed by atoms with Crippen molar-refractivity contribution in [3.05, 3.63) is 0 Å². The van der Waals surface area contributed by atoms with Crippen LogP contribution < -0.4 is 0 Å². The number of aliphatic hydroxyl groups excluding tert-OH is 1. The first-order valence-corrected chi connectivity index (χ1v) is 7.26. The molecule has 1 aliphatic heterocycles. The number of hydrogen-bond acceptors (Lipinski definition) is 3. The lowest BCUT2D eigenvalue weighted by Crippen LogP contribution is -2.42. The van der Waals surface area contributed by atoms with Crippen molar-refractivity contribution in [2.24, 2.45) is 5.92 Å². The molecule has 0 aliphatic carbocycles. The van der Waals surface area contributed by atoms with Crippen LogP contribution >= 0.6 is 0 Å². The van der Waals surface area contributed by atoms with Gasteiger partial charge in [0.2, 0.25) is 0 Å². The number of aliphatic hydroxyl groups is 1. The fraction of sp³-hybridized carbons (Fsp3) is 1.00. The Kier molecular flexibility index (Phi) is 4.73. The molecular weight excluding hydrogens is 228 g/mol. The van der Waals surface area contributed by atoms with Crippen LogP contribution in [0.2, 0.25) is 0 Å². The fourth-order valence-corrected chi connectivity index (χ4v) is 3.77. The molecule has 0 aromatic carbocycles. The number of hydrogen-bond donors (Lipinski definition) is 1. The second kappa shape index (κ2) is 5.44. The number of nitrogens with zero attached hydrogens (tertiary/aromatic N) is 2. The van der Waals surface area contributed by atoms with E-state index >= 15 is 0 Å². The molecule has 1 heterocycles. The Morgan fingerprint density at radius 1 is 1.44 bits per heavy atom. The highest BCUT2D eigenvalue weighted by Gasteiger charge is 2.35. The summed E-state index contributed by atoms with van der Waals surface area (Å²) in [4.78, 5) is 0. The van der Waals surface area contributed by atoms with Gasteiger partial charge in [0.05, 0.1) is 6.10 Å². The van der Waals surface area contributed by atoms with Gasteiger partial charge in [-0.3, -0.25) is 0 Å². The van der Waals surface area contributed by atoms with Crippen molar-refractivity contribution in [3.63, 3.8) is 0 Å². The standard InChI is InChI=1S/C10H22N2O3S/c1-4-11(5-2)16(14,15)12-7-6-10(8-12)9(3)13/h9-10,13H,4-8H2,1-3H3. The molecule has 0 spiro atoms. The Bertz CT molecular complexity index is 312. The van der Waals surface area contributed by atoms with Crippen LogP contribution in [-0.4, -0.2) is 54.4 Å². The van der Waals surface area contributed by atoms with E-state index < -0.39 is 16.3 Å². The van der Waals surface area contributed by atoms with Gasteiger partial charge in [0.15, 0.2) is 0 Å². The molecule has 6 heteroatoms. The average molecular weight is 250 g/mol. The Labute approximate surface area is 98.2 Å². The van der Waals surface area contributed by atoms with E-state index in [1.165, 1.54) is 8.61 Å². The first kappa shape index (κ1) is 13.9. The highest BCUT2D eigenvalue weighted by Crippen LogP contribution is 2.23. The Balaban J connectivity index is 2.72. The summed E-state index contributed by atoms with van der Waals surface area (Å²) in [6, 6.07) is 0. The Hall–Kier alpha value is -0.170. The lowest BCUT2D eigenvalue weighted by Gasteiger charge is -2.25. The molecule has 1 saturated heterocycles. The first-order valence-electron chi connectivity index (χ1n) is 5.86. The van der Waals surface area contributed by atoms with E-state index in [1.807, 2.05) is 13.8 Å². The summed E-state index contributed by atoms with van der Waals surface area (Å²) >= 11 is 0. The summed E-state index contributed by atoms with van der Waals surface area (Å²) in [5.41, 5.74) is 0. The third kappa shape index (κ3) is 2.74. The molecule has 0 aromatic heterocycles. The molecule has 1 aliphatic rings. The molecule has 0 amide bonds. The van der Waals surface area contributed by atoms with Crippen molar-refractivity contribution in [1.29, 1.82) is 0 Å². The summed E-state index contributed by atoms with van der Waals surface area (Å²) in [6.45, 7) is 7.35. The van der Waals surface area contributed by atoms with Crippen molar-refractivity contribution in [2.45, 2.75) is 33.3 Å². The van der Waals surface area contributed by atoms with Crippen molar-refractivity contribution in [2.75, 3.05) is 26.2 Å². The van der Waals surface area contributed by atoms with Crippen LogP contribution in [-0.2, 0) is 10.2 Å². The SMILES string of the molecule is CCN(CC)S(=O)(=O)N1CCC(C(C)O)C1. The highest BCUT2D eigenvalue weighted by atomic mass is 32.2. The molecule has 5 nitrogen and oxygen atoms in total. The Morgan fingerprint density at radius 3 is 2.38 bits per heavy atom. The predicted molar refractivity (Wildman–Crippen MR) is 63.2 cm³/mol. The van der Waals surface area contributed by atoms with Gasteiger partial charge in [0.25, 0.3) is 10.2 Å². The normalized spacial score (nSPS) is 25.2. The zero-order chi connectivity index (χ0) is 12.3. The average Bonchev–Trinajstić information content (AvgIpc) is 2.68. The maximum atomic E-state index is 12.1. The summed E-state index contributed by atoms with van der Waals surface area (Å²) < 4.78 is 27.2. The van der Waals surface area contributed by atoms with E-state index in [0.29, 0.717) is 26.2 Å². The van der Waals surface area contributed by atoms with Crippen LogP contribution in [0.3, 0.4) is 0 Å². The third-order valence-electron chi connectivity index (χ3n) is 3.23. The van der Waals surface area contributed by atoms with Gasteiger partial charge in [-0.05, 0) is 19.3 Å². The molecule has 96 valence electrons. The van der Waals surface area contributed by atoms with Crippen LogP contribution in [0.15, 0.2) is 0 Å². The maximum Gasteiger partial charge on any atom is 0.281 e. The molecule has 0 bridgehead atoms. The molecule has 0 saturated carbocycles. The number of rotatable bonds is 5. The molecule has 0 radical (unpaired) electrons. The monoisotopic (exact) mass is 250 g/mol. The van der Waals surface area contributed by atoms with E-state index in [2.05, 4.69) is 0 Å². The molecule has 1 fully saturated rings. The quantitative estimate of drug-likeness (QED) is 0.762. The molecule has 2 unspecified atom stereocenters. The minimum Gasteiger partial charge on any atom is -0.393 e. The van der Waals surface area contributed by atoms with Crippen LogP contribution in [0.4, 0.5) is 0 Å². The molecule has 0 aromatic rings. The summed E-state index contributed by atoms with van der Waals surface area (Å²) in [5.74, 6) is 0.0744. The molecule has 2 atom stereocenters. The molecule has 1 N–H and O–H groups in total. The summed E-state index contributed by atoms with van der Waals surface area (Å²) in [6.07, 6.45) is 0.315. The van der Waals surface area contributed by atoms with Crippen molar-refractivity contribution < 1.29 is 13.5 Å². The fourth-order valence-electron chi connectivity index (χ4n) is 2.07. The summed E-state index contributed by atoms with van der Waals surface area (Å²) in [7, 11) is -3.31. The van der Waals surface area contributed by atoms with Crippen molar-refractivity contribution in [3.8, 4) is 0 Å². The third-order valence-corrected chi connectivity index (χ3v) is 5.38. The van der Waals surface area contributed by atoms with Gasteiger partial charge in [-0.25, -0.2) is 0 Å². The van der Waals surface area contributed by atoms with Gasteiger partial charge in [0.1, 0.15) is 0 Å². The predicted octanol–water partition coefficient (Wildman–Crippen LogP) is 0.276. The van der Waals surface area contributed by atoms with E-state index in [4.69, 9.17) is 0 Å². The highest BCUT2D eigenvalue weighted by molar-refractivity contribution is 7.86. The lowest BCUT2D eigenvalue weighted by atomic mass is 10.0. The van der Waals surface area contributed by atoms with Crippen LogP contribution in [0.1, 0.15) is 27.2 Å². The van der Waals surface area contributed by atoms with E-state index in [9.17, 15) is 13.5 Å². The van der Waals surface area contributed by atoms with Crippen LogP contribution in [0, 0.1) is 5.92 Å². The topological polar surface area (TPSA) is 60.9 Å². The zero-order valence-electron chi connectivity index (χ0n) is 10.3. The van der Waals surface area contributed by atoms with Gasteiger partial charge in [-0.1, -0.05) is 13.8 Å². The van der Waals surface area contributed by atoms with E-state index in [0.717, 1.165) is 6.42 Å². The van der Waals surface area contributed by atoms with Crippen molar-refractivity contribution in [1.82, 2.24) is 8.61 Å². The molecule has 1 rings (SSSR count). The van der Waals surface area contributed by atoms with Gasteiger partial charge in [0, 0.05) is 26.2 Å². The first-order chi connectivity index (χ1) is 7.43. The van der Waals surface area contributed by atoms with Crippen LogP contribution in [0.25, 0.3) is 0 Å². The minimum atomic E-state index is -3.31. The van der Waals surface area contributed by atoms with Gasteiger partial charge >= 0.3 is 0 Å². The Morgan fingerprint density at radius 2 is 2.00 bits per heavy atom. The molecular formula is C10H22N2O3S.